The Morgan fingerprint density at radius 3 is 2.68 bits per heavy atom. The smallest absolute Gasteiger partial charge is 0.335 e. The summed E-state index contributed by atoms with van der Waals surface area (Å²) in [6.45, 7) is 2.01. The van der Waals surface area contributed by atoms with Crippen LogP contribution < -0.4 is 0 Å². The molecule has 1 N–H and O–H groups in total. The van der Waals surface area contributed by atoms with Crippen LogP contribution in [0.1, 0.15) is 21.5 Å². The second-order valence-corrected chi connectivity index (χ2v) is 5.22. The molecule has 0 aliphatic rings. The first-order valence-corrected chi connectivity index (χ1v) is 6.76. The second-order valence-electron chi connectivity index (χ2n) is 4.21. The molecule has 0 atom stereocenters. The highest BCUT2D eigenvalue weighted by Crippen LogP contribution is 2.26. The molecule has 0 radical (unpaired) electrons. The molecule has 0 amide bonds. The van der Waals surface area contributed by atoms with Gasteiger partial charge in [0.1, 0.15) is 5.82 Å². The number of aromatic carboxylic acids is 1. The van der Waals surface area contributed by atoms with E-state index in [9.17, 15) is 9.18 Å². The Balaban J connectivity index is 2.16. The van der Waals surface area contributed by atoms with E-state index in [1.54, 1.807) is 11.8 Å². The summed E-state index contributed by atoms with van der Waals surface area (Å²) < 4.78 is 13.3. The van der Waals surface area contributed by atoms with Crippen molar-refractivity contribution < 1.29 is 14.3 Å². The zero-order chi connectivity index (χ0) is 13.8. The lowest BCUT2D eigenvalue weighted by molar-refractivity contribution is 0.0696. The van der Waals surface area contributed by atoms with Gasteiger partial charge in [-0.25, -0.2) is 9.18 Å². The van der Waals surface area contributed by atoms with Crippen molar-refractivity contribution in [2.24, 2.45) is 0 Å². The predicted octanol–water partition coefficient (Wildman–Crippen LogP) is 4.12. The van der Waals surface area contributed by atoms with E-state index in [2.05, 4.69) is 0 Å². The van der Waals surface area contributed by atoms with E-state index < -0.39 is 11.8 Å². The third kappa shape index (κ3) is 3.58. The molecule has 0 saturated heterocycles. The minimum atomic E-state index is -1.11. The van der Waals surface area contributed by atoms with Gasteiger partial charge < -0.3 is 5.11 Å². The Morgan fingerprint density at radius 2 is 2.00 bits per heavy atom. The largest absolute Gasteiger partial charge is 0.478 e. The van der Waals surface area contributed by atoms with Crippen molar-refractivity contribution in [1.82, 2.24) is 0 Å². The van der Waals surface area contributed by atoms with Gasteiger partial charge in [-0.15, -0.1) is 11.8 Å². The number of thioether (sulfide) groups is 1. The van der Waals surface area contributed by atoms with Crippen molar-refractivity contribution in [2.45, 2.75) is 17.6 Å². The molecule has 0 bridgehead atoms. The first-order valence-electron chi connectivity index (χ1n) is 5.77. The minimum Gasteiger partial charge on any atom is -0.478 e. The first-order chi connectivity index (χ1) is 9.06. The molecule has 4 heteroatoms. The number of carboxylic acid groups (broad SMARTS) is 1. The van der Waals surface area contributed by atoms with E-state index in [0.29, 0.717) is 11.3 Å². The van der Waals surface area contributed by atoms with E-state index in [1.807, 2.05) is 31.2 Å². The molecule has 19 heavy (non-hydrogen) atoms. The van der Waals surface area contributed by atoms with Crippen molar-refractivity contribution in [3.05, 3.63) is 65.0 Å². The van der Waals surface area contributed by atoms with Crippen LogP contribution in [0.2, 0.25) is 0 Å². The number of hydrogen-bond donors (Lipinski definition) is 1. The lowest BCUT2D eigenvalue weighted by Gasteiger charge is -2.06. The second kappa shape index (κ2) is 5.89. The van der Waals surface area contributed by atoms with Gasteiger partial charge in [-0.1, -0.05) is 18.2 Å². The highest BCUT2D eigenvalue weighted by atomic mass is 32.2. The summed E-state index contributed by atoms with van der Waals surface area (Å²) in [6, 6.07) is 11.8. The Kier molecular flexibility index (Phi) is 4.22. The number of carbonyl (C=O) groups is 1. The van der Waals surface area contributed by atoms with Gasteiger partial charge >= 0.3 is 5.97 Å². The molecule has 2 nitrogen and oxygen atoms in total. The maximum absolute atomic E-state index is 13.3. The maximum Gasteiger partial charge on any atom is 0.335 e. The van der Waals surface area contributed by atoms with Crippen LogP contribution in [0.4, 0.5) is 4.39 Å². The standard InChI is InChI=1S/C15H13FO2S/c1-10-4-2-3-5-14(10)19-9-11-6-12(15(17)18)8-13(16)7-11/h2-8H,9H2,1H3,(H,17,18). The van der Waals surface area contributed by atoms with E-state index in [4.69, 9.17) is 5.11 Å². The molecule has 0 aromatic heterocycles. The van der Waals surface area contributed by atoms with Crippen LogP contribution in [-0.2, 0) is 5.75 Å². The lowest BCUT2D eigenvalue weighted by Crippen LogP contribution is -1.98. The van der Waals surface area contributed by atoms with Gasteiger partial charge in [-0.2, -0.15) is 0 Å². The molecule has 0 spiro atoms. The van der Waals surface area contributed by atoms with E-state index in [0.717, 1.165) is 16.5 Å². The number of rotatable bonds is 4. The van der Waals surface area contributed by atoms with Crippen LogP contribution in [0.5, 0.6) is 0 Å². The number of hydrogen-bond acceptors (Lipinski definition) is 2. The summed E-state index contributed by atoms with van der Waals surface area (Å²) >= 11 is 1.57. The van der Waals surface area contributed by atoms with Crippen LogP contribution in [0.25, 0.3) is 0 Å². The highest BCUT2D eigenvalue weighted by molar-refractivity contribution is 7.98. The number of carboxylic acids is 1. The van der Waals surface area contributed by atoms with Crippen molar-refractivity contribution >= 4 is 17.7 Å². The molecular formula is C15H13FO2S. The molecule has 2 rings (SSSR count). The molecule has 0 unspecified atom stereocenters. The average Bonchev–Trinajstić information content (AvgIpc) is 2.37. The fourth-order valence-electron chi connectivity index (χ4n) is 1.74. The zero-order valence-electron chi connectivity index (χ0n) is 10.4. The third-order valence-electron chi connectivity index (χ3n) is 2.69. The fourth-order valence-corrected chi connectivity index (χ4v) is 2.70. The van der Waals surface area contributed by atoms with E-state index in [-0.39, 0.29) is 5.56 Å². The third-order valence-corrected chi connectivity index (χ3v) is 3.94. The summed E-state index contributed by atoms with van der Waals surface area (Å²) in [4.78, 5) is 12.0. The molecule has 0 aliphatic carbocycles. The van der Waals surface area contributed by atoms with E-state index in [1.165, 1.54) is 12.1 Å². The highest BCUT2D eigenvalue weighted by Gasteiger charge is 2.08. The lowest BCUT2D eigenvalue weighted by atomic mass is 10.1. The van der Waals surface area contributed by atoms with Crippen LogP contribution in [-0.4, -0.2) is 11.1 Å². The quantitative estimate of drug-likeness (QED) is 0.853. The molecule has 0 fully saturated rings. The number of aryl methyl sites for hydroxylation is 1. The Morgan fingerprint density at radius 1 is 1.26 bits per heavy atom. The summed E-state index contributed by atoms with van der Waals surface area (Å²) in [5.74, 6) is -1.08. The molecule has 0 heterocycles. The van der Waals surface area contributed by atoms with Crippen LogP contribution in [0.3, 0.4) is 0 Å². The molecular weight excluding hydrogens is 263 g/mol. The average molecular weight is 276 g/mol. The molecule has 2 aromatic rings. The van der Waals surface area contributed by atoms with Gasteiger partial charge in [-0.3, -0.25) is 0 Å². The first kappa shape index (κ1) is 13.6. The van der Waals surface area contributed by atoms with Gasteiger partial charge in [0.15, 0.2) is 0 Å². The van der Waals surface area contributed by atoms with Gasteiger partial charge in [-0.05, 0) is 42.3 Å². The number of halogens is 1. The van der Waals surface area contributed by atoms with E-state index >= 15 is 0 Å². The molecule has 0 aliphatic heterocycles. The fraction of sp³-hybridized carbons (Fsp3) is 0.133. The van der Waals surface area contributed by atoms with Crippen LogP contribution >= 0.6 is 11.8 Å². The topological polar surface area (TPSA) is 37.3 Å². The van der Waals surface area contributed by atoms with Crippen molar-refractivity contribution in [1.29, 1.82) is 0 Å². The Bertz CT molecular complexity index is 611. The van der Waals surface area contributed by atoms with Crippen LogP contribution in [0, 0.1) is 12.7 Å². The van der Waals surface area contributed by atoms with Gasteiger partial charge in [0.2, 0.25) is 0 Å². The zero-order valence-corrected chi connectivity index (χ0v) is 11.2. The van der Waals surface area contributed by atoms with Gasteiger partial charge in [0.05, 0.1) is 5.56 Å². The Hall–Kier alpha value is -1.81. The van der Waals surface area contributed by atoms with Crippen molar-refractivity contribution in [3.63, 3.8) is 0 Å². The molecule has 2 aromatic carbocycles. The van der Waals surface area contributed by atoms with Crippen molar-refractivity contribution in [2.75, 3.05) is 0 Å². The normalized spacial score (nSPS) is 10.4. The van der Waals surface area contributed by atoms with Gasteiger partial charge in [0, 0.05) is 10.6 Å². The predicted molar refractivity (Wildman–Crippen MR) is 74.1 cm³/mol. The molecule has 98 valence electrons. The summed E-state index contributed by atoms with van der Waals surface area (Å²) in [6.07, 6.45) is 0. The summed E-state index contributed by atoms with van der Waals surface area (Å²) in [5.41, 5.74) is 1.81. The number of benzene rings is 2. The SMILES string of the molecule is Cc1ccccc1SCc1cc(F)cc(C(=O)O)c1. The van der Waals surface area contributed by atoms with Gasteiger partial charge in [0.25, 0.3) is 0 Å². The maximum atomic E-state index is 13.3. The Labute approximate surface area is 115 Å². The van der Waals surface area contributed by atoms with Crippen LogP contribution in [0.15, 0.2) is 47.4 Å². The molecule has 0 saturated carbocycles. The van der Waals surface area contributed by atoms with Crippen molar-refractivity contribution in [3.8, 4) is 0 Å². The minimum absolute atomic E-state index is 0.0135. The summed E-state index contributed by atoms with van der Waals surface area (Å²) in [7, 11) is 0. The monoisotopic (exact) mass is 276 g/mol. The summed E-state index contributed by atoms with van der Waals surface area (Å²) in [5, 5.41) is 8.89.